The lowest BCUT2D eigenvalue weighted by molar-refractivity contribution is 0.0881. The summed E-state index contributed by atoms with van der Waals surface area (Å²) in [6, 6.07) is 50.5. The van der Waals surface area contributed by atoms with E-state index in [4.69, 9.17) is 54.2 Å². The van der Waals surface area contributed by atoms with Crippen molar-refractivity contribution < 1.29 is 9.47 Å². The van der Waals surface area contributed by atoms with Crippen molar-refractivity contribution in [1.82, 2.24) is 44.0 Å². The Bertz CT molecular complexity index is 4320. The van der Waals surface area contributed by atoms with E-state index in [0.29, 0.717) is 28.5 Å². The number of rotatable bonds is 16. The maximum absolute atomic E-state index is 6.32. The molecule has 1 N–H and O–H groups in total. The molecule has 12 aromatic rings. The van der Waals surface area contributed by atoms with Gasteiger partial charge in [-0.15, -0.1) is 0 Å². The number of halogens is 6. The summed E-state index contributed by atoms with van der Waals surface area (Å²) in [6.07, 6.45) is 10.8. The van der Waals surface area contributed by atoms with Crippen LogP contribution in [-0.4, -0.2) is 73.4 Å². The Hall–Kier alpha value is -6.16. The van der Waals surface area contributed by atoms with Crippen LogP contribution in [0, 0.1) is 0 Å². The number of H-pyrrole nitrogens is 1. The van der Waals surface area contributed by atoms with E-state index in [0.717, 1.165) is 139 Å². The van der Waals surface area contributed by atoms with Crippen LogP contribution in [0.25, 0.3) is 100 Å². The summed E-state index contributed by atoms with van der Waals surface area (Å²) in [5, 5.41) is 5.28. The van der Waals surface area contributed by atoms with Crippen molar-refractivity contribution >= 4 is 131 Å². The van der Waals surface area contributed by atoms with Crippen LogP contribution >= 0.6 is 82.6 Å². The highest BCUT2D eigenvalue weighted by molar-refractivity contribution is 9.11. The molecule has 0 unspecified atom stereocenters. The Labute approximate surface area is 537 Å². The zero-order valence-electron chi connectivity index (χ0n) is 47.7. The minimum absolute atomic E-state index is 0.458. The van der Waals surface area contributed by atoms with Gasteiger partial charge in [-0.2, -0.15) is 0 Å². The highest BCUT2D eigenvalue weighted by atomic mass is 79.9. The lowest BCUT2D eigenvalue weighted by Gasteiger charge is -2.16. The fourth-order valence-corrected chi connectivity index (χ4v) is 12.6. The first-order chi connectivity index (χ1) is 40.8. The van der Waals surface area contributed by atoms with Crippen molar-refractivity contribution in [3.63, 3.8) is 0 Å². The molecular formula is C66H61Br3Cl3N9O2Si2. The minimum atomic E-state index is -1.14. The van der Waals surface area contributed by atoms with E-state index in [1.54, 1.807) is 12.5 Å². The van der Waals surface area contributed by atoms with Gasteiger partial charge in [0.1, 0.15) is 13.5 Å². The molecule has 0 radical (unpaired) electrons. The predicted molar refractivity (Wildman–Crippen MR) is 368 cm³/mol. The van der Waals surface area contributed by atoms with Crippen LogP contribution in [0.3, 0.4) is 0 Å². The fraction of sp³-hybridized carbons (Fsp3) is 0.182. The number of nitrogens with zero attached hydrogens (tertiary/aromatic N) is 8. The Morgan fingerprint density at radius 1 is 0.424 bits per heavy atom. The predicted octanol–water partition coefficient (Wildman–Crippen LogP) is 20.7. The van der Waals surface area contributed by atoms with Crippen LogP contribution in [0.15, 0.2) is 197 Å². The Morgan fingerprint density at radius 2 is 0.800 bits per heavy atom. The van der Waals surface area contributed by atoms with E-state index in [-0.39, 0.29) is 0 Å². The zero-order valence-corrected chi connectivity index (χ0v) is 56.8. The smallest absolute Gasteiger partial charge is 0.124 e. The van der Waals surface area contributed by atoms with Gasteiger partial charge in [0.15, 0.2) is 0 Å². The number of benzene rings is 6. The normalized spacial score (nSPS) is 11.7. The summed E-state index contributed by atoms with van der Waals surface area (Å²) in [6.45, 7) is 16.6. The maximum Gasteiger partial charge on any atom is 0.124 e. The van der Waals surface area contributed by atoms with E-state index in [1.807, 2.05) is 116 Å². The van der Waals surface area contributed by atoms with Gasteiger partial charge in [0, 0.05) is 126 Å². The summed E-state index contributed by atoms with van der Waals surface area (Å²) in [5.41, 5.74) is 14.6. The molecule has 0 bridgehead atoms. The standard InChI is InChI=1S/2C24H25BrClN3OSi.C18H11BrClN3/c1-31(2,3)10-9-30-16-29-15-28-23(24(29)18-5-4-6-21(26)13-18)17-7-8-22-19(11-17)12-20(25)14-27-22;1-31(2,3)10-9-30-16-29-15-28-23(17-5-4-6-21(26)13-17)24(29)18-7-8-22-19(11-18)12-20(25)14-27-22;19-14-7-13-6-12(4-5-16(13)21-9-14)18-17(22-10-23-18)11-2-1-3-15(20)8-11/h2*4-8,11-15H,9-10,16H2,1-3H3;1-10H,(H,22,23). The molecule has 6 aromatic carbocycles. The highest BCUT2D eigenvalue weighted by Crippen LogP contribution is 2.37. The quantitative estimate of drug-likeness (QED) is 0.0750. The van der Waals surface area contributed by atoms with E-state index >= 15 is 0 Å². The first kappa shape index (κ1) is 61.9. The fourth-order valence-electron chi connectivity index (χ4n) is 9.48. The topological polar surface area (TPSA) is 121 Å². The van der Waals surface area contributed by atoms with Crippen LogP contribution in [0.1, 0.15) is 0 Å². The molecule has 0 saturated heterocycles. The number of fused-ring (bicyclic) bond motifs is 3. The van der Waals surface area contributed by atoms with Gasteiger partial charge in [0.2, 0.25) is 0 Å². The molecule has 0 saturated carbocycles. The number of nitrogens with one attached hydrogen (secondary N) is 1. The lowest BCUT2D eigenvalue weighted by Crippen LogP contribution is -2.22. The van der Waals surface area contributed by atoms with E-state index < -0.39 is 16.1 Å². The van der Waals surface area contributed by atoms with Crippen LogP contribution in [0.5, 0.6) is 0 Å². The highest BCUT2D eigenvalue weighted by Gasteiger charge is 2.20. The summed E-state index contributed by atoms with van der Waals surface area (Å²) in [4.78, 5) is 30.6. The molecule has 6 aromatic heterocycles. The first-order valence-electron chi connectivity index (χ1n) is 27.5. The summed E-state index contributed by atoms with van der Waals surface area (Å²) in [5.74, 6) is 0. The first-order valence-corrected chi connectivity index (χ1v) is 38.5. The van der Waals surface area contributed by atoms with E-state index in [9.17, 15) is 0 Å². The Morgan fingerprint density at radius 3 is 1.26 bits per heavy atom. The van der Waals surface area contributed by atoms with E-state index in [1.165, 1.54) is 0 Å². The molecule has 19 heteroatoms. The second-order valence-corrected chi connectivity index (χ2v) is 38.2. The van der Waals surface area contributed by atoms with Gasteiger partial charge in [0.25, 0.3) is 0 Å². The van der Waals surface area contributed by atoms with Crippen molar-refractivity contribution in [2.24, 2.45) is 0 Å². The molecule has 432 valence electrons. The van der Waals surface area contributed by atoms with Crippen LogP contribution in [-0.2, 0) is 22.9 Å². The third kappa shape index (κ3) is 16.3. The lowest BCUT2D eigenvalue weighted by atomic mass is 10.0. The molecule has 0 aliphatic rings. The van der Waals surface area contributed by atoms with Gasteiger partial charge in [-0.3, -0.25) is 15.0 Å². The van der Waals surface area contributed by atoms with Gasteiger partial charge < -0.3 is 23.6 Å². The average Bonchev–Trinajstić information content (AvgIpc) is 4.16. The molecule has 12 rings (SSSR count). The van der Waals surface area contributed by atoms with Crippen molar-refractivity contribution in [2.75, 3.05) is 13.2 Å². The van der Waals surface area contributed by atoms with Crippen molar-refractivity contribution in [3.05, 3.63) is 212 Å². The monoisotopic (exact) mass is 1410 g/mol. The Balaban J connectivity index is 0.000000143. The third-order valence-electron chi connectivity index (χ3n) is 13.8. The van der Waals surface area contributed by atoms with Gasteiger partial charge in [-0.25, -0.2) is 15.0 Å². The third-order valence-corrected chi connectivity index (χ3v) is 19.3. The molecule has 0 fully saturated rings. The summed E-state index contributed by atoms with van der Waals surface area (Å²) >= 11 is 29.2. The summed E-state index contributed by atoms with van der Waals surface area (Å²) < 4.78 is 19.1. The molecule has 0 amide bonds. The maximum atomic E-state index is 6.32. The minimum Gasteiger partial charge on any atom is -0.361 e. The second-order valence-electron chi connectivity index (χ2n) is 22.9. The number of pyridine rings is 3. The van der Waals surface area contributed by atoms with Crippen LogP contribution in [0.4, 0.5) is 0 Å². The van der Waals surface area contributed by atoms with Crippen LogP contribution in [0.2, 0.25) is 66.4 Å². The molecule has 0 aliphatic heterocycles. The number of aromatic nitrogens is 9. The summed E-state index contributed by atoms with van der Waals surface area (Å²) in [7, 11) is -2.27. The van der Waals surface area contributed by atoms with Crippen molar-refractivity contribution in [2.45, 2.75) is 64.8 Å². The largest absolute Gasteiger partial charge is 0.361 e. The number of aromatic amines is 1. The van der Waals surface area contributed by atoms with Crippen LogP contribution < -0.4 is 0 Å². The zero-order chi connectivity index (χ0) is 59.8. The molecule has 0 spiro atoms. The molecule has 0 atom stereocenters. The van der Waals surface area contributed by atoms with Gasteiger partial charge >= 0.3 is 0 Å². The molecule has 11 nitrogen and oxygen atoms in total. The molecular weight excluding hydrogens is 1350 g/mol. The SMILES string of the molecule is C[Si](C)(C)CCOCn1cnc(-c2ccc3ncc(Br)cc3c2)c1-c1cccc(Cl)c1.C[Si](C)(C)CCOCn1cnc(-c2cccc(Cl)c2)c1-c1ccc2ncc(Br)cc2c1.Clc1cccc(-c2nc[nH]c2-c2ccc3ncc(Br)cc3c2)c1. The molecule has 0 aliphatic carbocycles. The average molecular weight is 1410 g/mol. The second kappa shape index (κ2) is 27.7. The van der Waals surface area contributed by atoms with E-state index in [2.05, 4.69) is 176 Å². The van der Waals surface area contributed by atoms with Gasteiger partial charge in [0.05, 0.1) is 69.7 Å². The molecule has 6 heterocycles. The van der Waals surface area contributed by atoms with Crippen molar-refractivity contribution in [1.29, 1.82) is 0 Å². The number of imidazole rings is 3. The number of hydrogen-bond acceptors (Lipinski definition) is 8. The molecule has 85 heavy (non-hydrogen) atoms. The van der Waals surface area contributed by atoms with Gasteiger partial charge in [-0.1, -0.05) is 129 Å². The van der Waals surface area contributed by atoms with Gasteiger partial charge in [-0.05, 0) is 151 Å². The Kier molecular flexibility index (Phi) is 20.2. The number of ether oxygens (including phenoxy) is 2. The number of hydrogen-bond donors (Lipinski definition) is 1. The van der Waals surface area contributed by atoms with Crippen molar-refractivity contribution in [3.8, 4) is 67.5 Å².